The molecule has 4 nitrogen and oxygen atoms in total. The quantitative estimate of drug-likeness (QED) is 0.672. The smallest absolute Gasteiger partial charge is 0.175 e. The van der Waals surface area contributed by atoms with E-state index in [1.165, 1.54) is 0 Å². The van der Waals surface area contributed by atoms with Gasteiger partial charge in [-0.15, -0.1) is 0 Å². The highest BCUT2D eigenvalue weighted by molar-refractivity contribution is 7.95. The monoisotopic (exact) mass is 236 g/mol. The SMILES string of the molecule is C=C/C(=C\C(=C)S(C)(=O)=O)S(C)(=O)=O. The Morgan fingerprint density at radius 3 is 1.71 bits per heavy atom. The Balaban J connectivity index is 5.41. The van der Waals surface area contributed by atoms with Crippen LogP contribution in [0.3, 0.4) is 0 Å². The van der Waals surface area contributed by atoms with E-state index in [0.29, 0.717) is 0 Å². The molecule has 0 radical (unpaired) electrons. The molecule has 0 amide bonds. The third-order valence-corrected chi connectivity index (χ3v) is 3.62. The summed E-state index contributed by atoms with van der Waals surface area (Å²) in [5, 5.41) is 0. The molecule has 0 rings (SSSR count). The minimum atomic E-state index is -3.45. The Bertz CT molecular complexity index is 477. The molecule has 0 unspecified atom stereocenters. The molecule has 0 aliphatic rings. The highest BCUT2D eigenvalue weighted by atomic mass is 32.2. The van der Waals surface area contributed by atoms with Crippen molar-refractivity contribution >= 4 is 19.7 Å². The summed E-state index contributed by atoms with van der Waals surface area (Å²) in [6.07, 6.45) is 3.98. The van der Waals surface area contributed by atoms with Crippen molar-refractivity contribution in [1.29, 1.82) is 0 Å². The average molecular weight is 236 g/mol. The van der Waals surface area contributed by atoms with Crippen molar-refractivity contribution in [3.8, 4) is 0 Å². The fraction of sp³-hybridized carbons (Fsp3) is 0.250. The molecule has 0 aliphatic carbocycles. The molecular formula is C8H12O4S2. The molecule has 80 valence electrons. The normalized spacial score (nSPS) is 13.7. The van der Waals surface area contributed by atoms with Crippen molar-refractivity contribution in [1.82, 2.24) is 0 Å². The van der Waals surface area contributed by atoms with Crippen LogP contribution in [0.25, 0.3) is 0 Å². The lowest BCUT2D eigenvalue weighted by Crippen LogP contribution is -2.02. The van der Waals surface area contributed by atoms with Crippen LogP contribution in [0, 0.1) is 0 Å². The molecule has 0 aromatic heterocycles. The third-order valence-electron chi connectivity index (χ3n) is 1.41. The largest absolute Gasteiger partial charge is 0.224 e. The third kappa shape index (κ3) is 3.89. The molecule has 0 saturated carbocycles. The lowest BCUT2D eigenvalue weighted by Gasteiger charge is -2.00. The molecule has 0 bridgehead atoms. The van der Waals surface area contributed by atoms with E-state index in [-0.39, 0.29) is 9.81 Å². The molecule has 0 fully saturated rings. The van der Waals surface area contributed by atoms with Gasteiger partial charge in [0.15, 0.2) is 19.7 Å². The summed E-state index contributed by atoms with van der Waals surface area (Å²) in [6.45, 7) is 6.53. The minimum Gasteiger partial charge on any atom is -0.224 e. The van der Waals surface area contributed by atoms with E-state index in [0.717, 1.165) is 24.7 Å². The van der Waals surface area contributed by atoms with Gasteiger partial charge in [-0.05, 0) is 6.08 Å². The molecule has 14 heavy (non-hydrogen) atoms. The van der Waals surface area contributed by atoms with Crippen LogP contribution in [-0.4, -0.2) is 29.3 Å². The first kappa shape index (κ1) is 13.1. The molecule has 0 atom stereocenters. The highest BCUT2D eigenvalue weighted by Gasteiger charge is 2.11. The van der Waals surface area contributed by atoms with E-state index in [2.05, 4.69) is 13.2 Å². The summed E-state index contributed by atoms with van der Waals surface area (Å²) in [7, 11) is -6.90. The molecule has 6 heteroatoms. The topological polar surface area (TPSA) is 68.3 Å². The van der Waals surface area contributed by atoms with Crippen molar-refractivity contribution in [2.45, 2.75) is 0 Å². The summed E-state index contributed by atoms with van der Waals surface area (Å²) in [6, 6.07) is 0. The Kier molecular flexibility index (Phi) is 3.84. The molecule has 0 spiro atoms. The van der Waals surface area contributed by atoms with Gasteiger partial charge in [0.1, 0.15) is 0 Å². The summed E-state index contributed by atoms with van der Waals surface area (Å²) >= 11 is 0. The Morgan fingerprint density at radius 2 is 1.50 bits per heavy atom. The van der Waals surface area contributed by atoms with E-state index >= 15 is 0 Å². The second-order valence-electron chi connectivity index (χ2n) is 2.76. The van der Waals surface area contributed by atoms with E-state index in [1.54, 1.807) is 0 Å². The van der Waals surface area contributed by atoms with Crippen LogP contribution >= 0.6 is 0 Å². The first-order valence-electron chi connectivity index (χ1n) is 3.52. The van der Waals surface area contributed by atoms with E-state index < -0.39 is 19.7 Å². The van der Waals surface area contributed by atoms with Gasteiger partial charge >= 0.3 is 0 Å². The zero-order valence-electron chi connectivity index (χ0n) is 8.02. The number of hydrogen-bond acceptors (Lipinski definition) is 4. The van der Waals surface area contributed by atoms with Gasteiger partial charge in [0.2, 0.25) is 0 Å². The Hall–Kier alpha value is -0.880. The summed E-state index contributed by atoms with van der Waals surface area (Å²) in [5.41, 5.74) is 0. The molecule has 0 aliphatic heterocycles. The predicted molar refractivity (Wildman–Crippen MR) is 57.1 cm³/mol. The second kappa shape index (κ2) is 4.10. The molecular weight excluding hydrogens is 224 g/mol. The zero-order chi connectivity index (χ0) is 11.6. The fourth-order valence-corrected chi connectivity index (χ4v) is 1.66. The molecule has 0 heterocycles. The Morgan fingerprint density at radius 1 is 1.07 bits per heavy atom. The second-order valence-corrected chi connectivity index (χ2v) is 6.85. The summed E-state index contributed by atoms with van der Waals surface area (Å²) < 4.78 is 44.0. The van der Waals surface area contributed by atoms with Gasteiger partial charge in [0.05, 0.1) is 9.81 Å². The van der Waals surface area contributed by atoms with Crippen molar-refractivity contribution in [3.05, 3.63) is 35.1 Å². The van der Waals surface area contributed by atoms with Crippen molar-refractivity contribution < 1.29 is 16.8 Å². The Labute approximate surface area is 84.5 Å². The average Bonchev–Trinajstić information content (AvgIpc) is 1.95. The summed E-state index contributed by atoms with van der Waals surface area (Å²) in [5.74, 6) is 0. The number of allylic oxidation sites excluding steroid dienone is 2. The van der Waals surface area contributed by atoms with Gasteiger partial charge in [-0.1, -0.05) is 19.2 Å². The molecule has 0 N–H and O–H groups in total. The van der Waals surface area contributed by atoms with Gasteiger partial charge in [0.25, 0.3) is 0 Å². The van der Waals surface area contributed by atoms with Gasteiger partial charge in [-0.3, -0.25) is 0 Å². The van der Waals surface area contributed by atoms with Gasteiger partial charge in [-0.25, -0.2) is 16.8 Å². The van der Waals surface area contributed by atoms with Crippen LogP contribution in [0.5, 0.6) is 0 Å². The first-order chi connectivity index (χ1) is 6.09. The van der Waals surface area contributed by atoms with Crippen molar-refractivity contribution in [2.75, 3.05) is 12.5 Å². The lowest BCUT2D eigenvalue weighted by molar-refractivity contribution is 0.608. The van der Waals surface area contributed by atoms with Crippen molar-refractivity contribution in [3.63, 3.8) is 0 Å². The number of rotatable bonds is 4. The van der Waals surface area contributed by atoms with Gasteiger partial charge in [0, 0.05) is 12.5 Å². The van der Waals surface area contributed by atoms with Crippen molar-refractivity contribution in [2.24, 2.45) is 0 Å². The standard InChI is InChI=1S/C8H12O4S2/c1-5-8(14(4,11)12)6-7(2)13(3,9)10/h5-6H,1-2H2,3-4H3/b8-6+. The van der Waals surface area contributed by atoms with Crippen LogP contribution in [0.15, 0.2) is 35.1 Å². The van der Waals surface area contributed by atoms with Crippen LogP contribution in [-0.2, 0) is 19.7 Å². The van der Waals surface area contributed by atoms with Crippen LogP contribution in [0.2, 0.25) is 0 Å². The fourth-order valence-electron chi connectivity index (χ4n) is 0.583. The van der Waals surface area contributed by atoms with E-state index in [9.17, 15) is 16.8 Å². The van der Waals surface area contributed by atoms with Crippen LogP contribution in [0.1, 0.15) is 0 Å². The first-order valence-corrected chi connectivity index (χ1v) is 7.30. The van der Waals surface area contributed by atoms with Gasteiger partial charge in [-0.2, -0.15) is 0 Å². The maximum atomic E-state index is 11.0. The molecule has 0 aromatic carbocycles. The molecule has 0 saturated heterocycles. The van der Waals surface area contributed by atoms with Crippen LogP contribution in [0.4, 0.5) is 0 Å². The van der Waals surface area contributed by atoms with E-state index in [4.69, 9.17) is 0 Å². The number of sulfone groups is 2. The zero-order valence-corrected chi connectivity index (χ0v) is 9.65. The highest BCUT2D eigenvalue weighted by Crippen LogP contribution is 2.12. The van der Waals surface area contributed by atoms with Gasteiger partial charge < -0.3 is 0 Å². The molecule has 0 aromatic rings. The summed E-state index contributed by atoms with van der Waals surface area (Å²) in [4.78, 5) is -0.411. The van der Waals surface area contributed by atoms with Crippen LogP contribution < -0.4 is 0 Å². The maximum Gasteiger partial charge on any atom is 0.175 e. The minimum absolute atomic E-state index is 0.159. The van der Waals surface area contributed by atoms with E-state index in [1.807, 2.05) is 0 Å². The lowest BCUT2D eigenvalue weighted by atomic mass is 10.5. The predicted octanol–water partition coefficient (Wildman–Crippen LogP) is 0.659. The maximum absolute atomic E-state index is 11.0. The number of hydrogen-bond donors (Lipinski definition) is 0.